The molecule has 4 N–H and O–H groups in total. The predicted octanol–water partition coefficient (Wildman–Crippen LogP) is 3.91. The third kappa shape index (κ3) is 3.74. The summed E-state index contributed by atoms with van der Waals surface area (Å²) in [6.45, 7) is 0.553. The van der Waals surface area contributed by atoms with Crippen LogP contribution in [0.1, 0.15) is 5.56 Å². The number of nitrogens with zero attached hydrogens (tertiary/aromatic N) is 1. The van der Waals surface area contributed by atoms with Crippen LogP contribution in [0.5, 0.6) is 11.5 Å². The van der Waals surface area contributed by atoms with E-state index in [-0.39, 0.29) is 5.56 Å². The lowest BCUT2D eigenvalue weighted by molar-refractivity contribution is 0.487. The molecule has 134 valence electrons. The quantitative estimate of drug-likeness (QED) is 0.503. The van der Waals surface area contributed by atoms with Crippen LogP contribution in [0.15, 0.2) is 77.9 Å². The number of hydrogen-bond acceptors (Lipinski definition) is 5. The van der Waals surface area contributed by atoms with Crippen LogP contribution >= 0.6 is 0 Å². The summed E-state index contributed by atoms with van der Waals surface area (Å²) in [5.74, 6) is 1.15. The number of nitrogens with one attached hydrogen (secondary N) is 2. The lowest BCUT2D eigenvalue weighted by Crippen LogP contribution is -2.05. The number of benzene rings is 2. The minimum Gasteiger partial charge on any atom is -0.456 e. The first-order valence-corrected chi connectivity index (χ1v) is 8.51. The number of para-hydroxylation sites is 1. The number of aromatic amines is 1. The highest BCUT2D eigenvalue weighted by molar-refractivity contribution is 5.84. The van der Waals surface area contributed by atoms with E-state index < -0.39 is 0 Å². The van der Waals surface area contributed by atoms with Gasteiger partial charge in [-0.1, -0.05) is 18.2 Å². The molecule has 0 aliphatic rings. The molecule has 4 rings (SSSR count). The zero-order valence-electron chi connectivity index (χ0n) is 14.5. The van der Waals surface area contributed by atoms with E-state index in [9.17, 15) is 4.79 Å². The van der Waals surface area contributed by atoms with Crippen LogP contribution in [0.4, 0.5) is 11.4 Å². The Morgan fingerprint density at radius 3 is 2.85 bits per heavy atom. The Kier molecular flexibility index (Phi) is 4.45. The number of hydrogen-bond donors (Lipinski definition) is 3. The fourth-order valence-electron chi connectivity index (χ4n) is 2.84. The summed E-state index contributed by atoms with van der Waals surface area (Å²) in [4.78, 5) is 18.8. The zero-order valence-corrected chi connectivity index (χ0v) is 14.5. The van der Waals surface area contributed by atoms with Gasteiger partial charge >= 0.3 is 0 Å². The smallest absolute Gasteiger partial charge is 0.252 e. The van der Waals surface area contributed by atoms with Gasteiger partial charge in [0.1, 0.15) is 11.5 Å². The van der Waals surface area contributed by atoms with E-state index in [2.05, 4.69) is 15.3 Å². The van der Waals surface area contributed by atoms with E-state index in [1.54, 1.807) is 18.5 Å². The van der Waals surface area contributed by atoms with Gasteiger partial charge in [-0.3, -0.25) is 9.78 Å². The lowest BCUT2D eigenvalue weighted by atomic mass is 10.2. The second kappa shape index (κ2) is 7.21. The third-order valence-corrected chi connectivity index (χ3v) is 4.20. The fourth-order valence-corrected chi connectivity index (χ4v) is 2.84. The molecule has 0 amide bonds. The van der Waals surface area contributed by atoms with Crippen molar-refractivity contribution in [1.29, 1.82) is 0 Å². The number of aromatic nitrogens is 2. The Balaban J connectivity index is 1.57. The Morgan fingerprint density at radius 1 is 1.07 bits per heavy atom. The average molecular weight is 358 g/mol. The third-order valence-electron chi connectivity index (χ3n) is 4.20. The normalized spacial score (nSPS) is 10.7. The summed E-state index contributed by atoms with van der Waals surface area (Å²) in [6.07, 6.45) is 3.41. The van der Waals surface area contributed by atoms with Gasteiger partial charge in [0.25, 0.3) is 5.56 Å². The Bertz CT molecular complexity index is 1150. The first-order valence-electron chi connectivity index (χ1n) is 8.51. The molecule has 0 spiro atoms. The molecule has 0 aliphatic heterocycles. The molecule has 0 fully saturated rings. The second-order valence-electron chi connectivity index (χ2n) is 6.10. The SMILES string of the molecule is Nc1ccncc1CNc1cccc(Oc2cc(=O)[nH]c3ccccc23)c1. The van der Waals surface area contributed by atoms with Crippen LogP contribution in [0, 0.1) is 0 Å². The largest absolute Gasteiger partial charge is 0.456 e. The van der Waals surface area contributed by atoms with Gasteiger partial charge in [0.2, 0.25) is 0 Å². The molecule has 0 atom stereocenters. The van der Waals surface area contributed by atoms with Gasteiger partial charge in [-0.25, -0.2) is 0 Å². The van der Waals surface area contributed by atoms with Crippen LogP contribution in [0.2, 0.25) is 0 Å². The van der Waals surface area contributed by atoms with Crippen molar-refractivity contribution in [3.05, 3.63) is 89.0 Å². The molecule has 2 aromatic carbocycles. The maximum atomic E-state index is 11.9. The van der Waals surface area contributed by atoms with Crippen molar-refractivity contribution in [2.24, 2.45) is 0 Å². The molecule has 6 heteroatoms. The number of rotatable bonds is 5. The molecule has 0 radical (unpaired) electrons. The minimum atomic E-state index is -0.204. The molecular formula is C21H18N4O2. The first-order chi connectivity index (χ1) is 13.2. The number of anilines is 2. The molecule has 0 saturated heterocycles. The van der Waals surface area contributed by atoms with Gasteiger partial charge in [-0.15, -0.1) is 0 Å². The van der Waals surface area contributed by atoms with E-state index in [0.29, 0.717) is 23.7 Å². The highest BCUT2D eigenvalue weighted by Crippen LogP contribution is 2.29. The molecule has 0 saturated carbocycles. The maximum Gasteiger partial charge on any atom is 0.252 e. The molecule has 0 aliphatic carbocycles. The number of nitrogen functional groups attached to an aromatic ring is 1. The monoisotopic (exact) mass is 358 g/mol. The highest BCUT2D eigenvalue weighted by Gasteiger charge is 2.06. The minimum absolute atomic E-state index is 0.204. The Labute approximate surface area is 155 Å². The van der Waals surface area contributed by atoms with Gasteiger partial charge in [0, 0.05) is 53.4 Å². The van der Waals surface area contributed by atoms with Gasteiger partial charge in [-0.05, 0) is 30.3 Å². The lowest BCUT2D eigenvalue weighted by Gasteiger charge is -2.12. The van der Waals surface area contributed by atoms with Crippen LogP contribution in [0.3, 0.4) is 0 Å². The number of pyridine rings is 2. The average Bonchev–Trinajstić information content (AvgIpc) is 2.67. The summed E-state index contributed by atoms with van der Waals surface area (Å²) >= 11 is 0. The number of ether oxygens (including phenoxy) is 1. The molecule has 6 nitrogen and oxygen atoms in total. The Hall–Kier alpha value is -3.80. The summed E-state index contributed by atoms with van der Waals surface area (Å²) in [5, 5.41) is 4.15. The van der Waals surface area contributed by atoms with Gasteiger partial charge < -0.3 is 20.8 Å². The summed E-state index contributed by atoms with van der Waals surface area (Å²) in [7, 11) is 0. The molecule has 2 aromatic heterocycles. The van der Waals surface area contributed by atoms with E-state index in [1.165, 1.54) is 6.07 Å². The number of fused-ring (bicyclic) bond motifs is 1. The molecule has 0 unspecified atom stereocenters. The molecule has 2 heterocycles. The predicted molar refractivity (Wildman–Crippen MR) is 107 cm³/mol. The van der Waals surface area contributed by atoms with Crippen molar-refractivity contribution in [2.45, 2.75) is 6.54 Å². The molecular weight excluding hydrogens is 340 g/mol. The summed E-state index contributed by atoms with van der Waals surface area (Å²) in [6, 6.07) is 18.3. The fraction of sp³-hybridized carbons (Fsp3) is 0.0476. The van der Waals surface area contributed by atoms with Crippen LogP contribution in [0.25, 0.3) is 10.9 Å². The summed E-state index contributed by atoms with van der Waals surface area (Å²) in [5.41, 5.74) is 8.97. The van der Waals surface area contributed by atoms with Crippen molar-refractivity contribution >= 4 is 22.3 Å². The number of nitrogens with two attached hydrogens (primary N) is 1. The molecule has 27 heavy (non-hydrogen) atoms. The standard InChI is InChI=1S/C21H18N4O2/c22-18-8-9-23-12-14(18)13-24-15-4-3-5-16(10-15)27-20-11-21(26)25-19-7-2-1-6-17(19)20/h1-12,24H,13H2,(H2,22,23)(H,25,26). The van der Waals surface area contributed by atoms with Crippen molar-refractivity contribution in [2.75, 3.05) is 11.1 Å². The van der Waals surface area contributed by atoms with E-state index in [0.717, 1.165) is 22.2 Å². The highest BCUT2D eigenvalue weighted by atomic mass is 16.5. The van der Waals surface area contributed by atoms with Crippen molar-refractivity contribution in [3.63, 3.8) is 0 Å². The zero-order chi connectivity index (χ0) is 18.6. The van der Waals surface area contributed by atoms with Gasteiger partial charge in [0.15, 0.2) is 0 Å². The van der Waals surface area contributed by atoms with Crippen LogP contribution in [-0.4, -0.2) is 9.97 Å². The second-order valence-corrected chi connectivity index (χ2v) is 6.10. The van der Waals surface area contributed by atoms with Crippen molar-refractivity contribution < 1.29 is 4.74 Å². The molecule has 0 bridgehead atoms. The van der Waals surface area contributed by atoms with Gasteiger partial charge in [-0.2, -0.15) is 0 Å². The van der Waals surface area contributed by atoms with E-state index in [1.807, 2.05) is 48.5 Å². The number of H-pyrrole nitrogens is 1. The van der Waals surface area contributed by atoms with E-state index in [4.69, 9.17) is 10.5 Å². The van der Waals surface area contributed by atoms with Crippen molar-refractivity contribution in [1.82, 2.24) is 9.97 Å². The molecule has 4 aromatic rings. The summed E-state index contributed by atoms with van der Waals surface area (Å²) < 4.78 is 5.99. The Morgan fingerprint density at radius 2 is 1.96 bits per heavy atom. The van der Waals surface area contributed by atoms with Crippen LogP contribution < -0.4 is 21.3 Å². The topological polar surface area (TPSA) is 93.0 Å². The van der Waals surface area contributed by atoms with E-state index >= 15 is 0 Å². The maximum absolute atomic E-state index is 11.9. The van der Waals surface area contributed by atoms with Crippen molar-refractivity contribution in [3.8, 4) is 11.5 Å². The van der Waals surface area contributed by atoms with Gasteiger partial charge in [0.05, 0.1) is 5.52 Å². The van der Waals surface area contributed by atoms with Crippen LogP contribution in [-0.2, 0) is 6.54 Å². The first kappa shape index (κ1) is 16.7.